The molecule has 6 heteroatoms. The zero-order valence-corrected chi connectivity index (χ0v) is 16.3. The van der Waals surface area contributed by atoms with Crippen molar-refractivity contribution in [3.8, 4) is 0 Å². The largest absolute Gasteiger partial charge is 0.289 e. The molecule has 0 spiro atoms. The van der Waals surface area contributed by atoms with E-state index in [4.69, 9.17) is 0 Å². The number of anilines is 1. The Balaban J connectivity index is 1.85. The minimum absolute atomic E-state index is 0.0178. The molecule has 27 heavy (non-hydrogen) atoms. The van der Waals surface area contributed by atoms with Crippen LogP contribution in [-0.4, -0.2) is 20.7 Å². The predicted octanol–water partition coefficient (Wildman–Crippen LogP) is 4.53. The van der Waals surface area contributed by atoms with Crippen LogP contribution in [0, 0.1) is 6.92 Å². The second-order valence-electron chi connectivity index (χ2n) is 6.36. The number of benzene rings is 2. The van der Waals surface area contributed by atoms with Crippen molar-refractivity contribution in [2.24, 2.45) is 0 Å². The van der Waals surface area contributed by atoms with Gasteiger partial charge in [0.2, 0.25) is 0 Å². The molecule has 0 atom stereocenters. The van der Waals surface area contributed by atoms with E-state index < -0.39 is 10.0 Å². The van der Waals surface area contributed by atoms with Gasteiger partial charge in [-0.05, 0) is 48.7 Å². The fourth-order valence-corrected chi connectivity index (χ4v) is 5.22. The monoisotopic (exact) mass is 395 g/mol. The van der Waals surface area contributed by atoms with Gasteiger partial charge in [0.15, 0.2) is 5.78 Å². The van der Waals surface area contributed by atoms with Crippen molar-refractivity contribution >= 4 is 38.9 Å². The molecule has 0 N–H and O–H groups in total. The molecule has 1 aliphatic rings. The summed E-state index contributed by atoms with van der Waals surface area (Å²) in [7, 11) is -3.78. The van der Waals surface area contributed by atoms with Gasteiger partial charge in [-0.15, -0.1) is 11.3 Å². The molecule has 4 rings (SSSR count). The normalized spacial score (nSPS) is 15.8. The van der Waals surface area contributed by atoms with Crippen LogP contribution in [0.2, 0.25) is 0 Å². The average molecular weight is 396 g/mol. The zero-order valence-electron chi connectivity index (χ0n) is 14.6. The highest BCUT2D eigenvalue weighted by Crippen LogP contribution is 2.34. The molecule has 0 fully saturated rings. The number of sulfonamides is 1. The van der Waals surface area contributed by atoms with E-state index in [0.717, 1.165) is 10.4 Å². The Morgan fingerprint density at radius 3 is 2.44 bits per heavy atom. The van der Waals surface area contributed by atoms with Crippen molar-refractivity contribution in [1.29, 1.82) is 0 Å². The van der Waals surface area contributed by atoms with E-state index in [-0.39, 0.29) is 17.2 Å². The lowest BCUT2D eigenvalue weighted by Crippen LogP contribution is -2.38. The van der Waals surface area contributed by atoms with Gasteiger partial charge in [0.05, 0.1) is 17.1 Å². The fraction of sp³-hybridized carbons (Fsp3) is 0.0952. The van der Waals surface area contributed by atoms with Crippen LogP contribution in [0.1, 0.15) is 20.8 Å². The van der Waals surface area contributed by atoms with Crippen LogP contribution in [0.25, 0.3) is 6.08 Å². The molecule has 0 saturated heterocycles. The molecule has 0 bridgehead atoms. The van der Waals surface area contributed by atoms with Crippen molar-refractivity contribution < 1.29 is 13.2 Å². The van der Waals surface area contributed by atoms with Crippen molar-refractivity contribution in [2.75, 3.05) is 10.8 Å². The Hall–Kier alpha value is -2.70. The summed E-state index contributed by atoms with van der Waals surface area (Å²) >= 11 is 1.51. The highest BCUT2D eigenvalue weighted by molar-refractivity contribution is 7.92. The summed E-state index contributed by atoms with van der Waals surface area (Å²) in [6.45, 7) is 1.93. The van der Waals surface area contributed by atoms with Crippen molar-refractivity contribution in [3.63, 3.8) is 0 Å². The quantitative estimate of drug-likeness (QED) is 0.612. The first-order valence-corrected chi connectivity index (χ1v) is 10.8. The summed E-state index contributed by atoms with van der Waals surface area (Å²) in [5.41, 5.74) is 2.28. The van der Waals surface area contributed by atoms with Gasteiger partial charge in [0.25, 0.3) is 10.0 Å². The fourth-order valence-electron chi connectivity index (χ4n) is 3.08. The van der Waals surface area contributed by atoms with Crippen molar-refractivity contribution in [2.45, 2.75) is 11.8 Å². The number of ketones is 1. The van der Waals surface area contributed by atoms with Crippen molar-refractivity contribution in [3.05, 3.63) is 87.6 Å². The molecule has 1 aliphatic heterocycles. The lowest BCUT2D eigenvalue weighted by atomic mass is 9.97. The molecule has 3 aromatic rings. The molecule has 0 aliphatic carbocycles. The van der Waals surface area contributed by atoms with Gasteiger partial charge < -0.3 is 0 Å². The number of hydrogen-bond donors (Lipinski definition) is 0. The van der Waals surface area contributed by atoms with Gasteiger partial charge in [0.1, 0.15) is 0 Å². The SMILES string of the molecule is Cc1ccc(S(=O)(=O)N2C/C(=C\c3cccs3)C(=O)c3ccccc32)cc1. The van der Waals surface area contributed by atoms with Crippen LogP contribution >= 0.6 is 11.3 Å². The summed E-state index contributed by atoms with van der Waals surface area (Å²) in [5.74, 6) is -0.130. The summed E-state index contributed by atoms with van der Waals surface area (Å²) in [4.78, 5) is 14.0. The van der Waals surface area contributed by atoms with E-state index in [1.165, 1.54) is 15.6 Å². The number of fused-ring (bicyclic) bond motifs is 1. The minimum Gasteiger partial charge on any atom is -0.289 e. The number of thiophene rings is 1. The Kier molecular flexibility index (Phi) is 4.45. The van der Waals surface area contributed by atoms with E-state index >= 15 is 0 Å². The first kappa shape index (κ1) is 17.7. The standard InChI is InChI=1S/C21H17NO3S2/c1-15-8-10-18(11-9-15)27(24,25)22-14-16(13-17-5-4-12-26-17)21(23)19-6-2-3-7-20(19)22/h2-13H,14H2,1H3/b16-13+. The van der Waals surface area contributed by atoms with Gasteiger partial charge in [-0.1, -0.05) is 35.9 Å². The number of rotatable bonds is 3. The first-order valence-electron chi connectivity index (χ1n) is 8.44. The Bertz CT molecular complexity index is 1130. The third-order valence-corrected chi connectivity index (χ3v) is 7.08. The molecule has 1 aromatic heterocycles. The molecule has 4 nitrogen and oxygen atoms in total. The van der Waals surface area contributed by atoms with Crippen LogP contribution in [0.4, 0.5) is 5.69 Å². The third kappa shape index (κ3) is 3.22. The van der Waals surface area contributed by atoms with Crippen LogP contribution in [0.5, 0.6) is 0 Å². The molecular weight excluding hydrogens is 378 g/mol. The summed E-state index contributed by atoms with van der Waals surface area (Å²) in [5, 5.41) is 1.93. The van der Waals surface area contributed by atoms with Gasteiger partial charge in [0, 0.05) is 16.0 Å². The number of para-hydroxylation sites is 1. The molecule has 0 unspecified atom stereocenters. The van der Waals surface area contributed by atoms with E-state index in [1.54, 1.807) is 54.6 Å². The molecule has 0 saturated carbocycles. The maximum Gasteiger partial charge on any atom is 0.264 e. The van der Waals surface area contributed by atoms with E-state index in [1.807, 2.05) is 24.4 Å². The predicted molar refractivity (Wildman–Crippen MR) is 109 cm³/mol. The second kappa shape index (κ2) is 6.79. The Morgan fingerprint density at radius 1 is 1.00 bits per heavy atom. The summed E-state index contributed by atoms with van der Waals surface area (Å²) < 4.78 is 27.9. The second-order valence-corrected chi connectivity index (χ2v) is 9.20. The number of hydrogen-bond acceptors (Lipinski definition) is 4. The zero-order chi connectivity index (χ0) is 19.0. The van der Waals surface area contributed by atoms with E-state index in [2.05, 4.69) is 0 Å². The highest BCUT2D eigenvalue weighted by Gasteiger charge is 2.34. The number of nitrogens with zero attached hydrogens (tertiary/aromatic N) is 1. The molecule has 0 radical (unpaired) electrons. The summed E-state index contributed by atoms with van der Waals surface area (Å²) in [6.07, 6.45) is 1.78. The smallest absolute Gasteiger partial charge is 0.264 e. The highest BCUT2D eigenvalue weighted by atomic mass is 32.2. The molecule has 136 valence electrons. The lowest BCUT2D eigenvalue weighted by Gasteiger charge is -2.31. The first-order chi connectivity index (χ1) is 13.0. The number of carbonyl (C=O) groups is 1. The van der Waals surface area contributed by atoms with Gasteiger partial charge >= 0.3 is 0 Å². The van der Waals surface area contributed by atoms with Crippen LogP contribution in [-0.2, 0) is 10.0 Å². The van der Waals surface area contributed by atoms with Gasteiger partial charge in [-0.25, -0.2) is 8.42 Å². The van der Waals surface area contributed by atoms with Crippen LogP contribution in [0.15, 0.2) is 76.5 Å². The molecule has 0 amide bonds. The van der Waals surface area contributed by atoms with Crippen molar-refractivity contribution in [1.82, 2.24) is 0 Å². The molecule has 2 heterocycles. The van der Waals surface area contributed by atoms with Gasteiger partial charge in [-0.2, -0.15) is 0 Å². The van der Waals surface area contributed by atoms with E-state index in [0.29, 0.717) is 16.8 Å². The molecule has 2 aromatic carbocycles. The third-order valence-electron chi connectivity index (χ3n) is 4.49. The molecular formula is C21H17NO3S2. The number of aryl methyl sites for hydroxylation is 1. The van der Waals surface area contributed by atoms with Crippen LogP contribution in [0.3, 0.4) is 0 Å². The van der Waals surface area contributed by atoms with E-state index in [9.17, 15) is 13.2 Å². The van der Waals surface area contributed by atoms with Gasteiger partial charge in [-0.3, -0.25) is 9.10 Å². The maximum atomic E-state index is 13.3. The topological polar surface area (TPSA) is 54.5 Å². The number of carbonyl (C=O) groups excluding carboxylic acids is 1. The Labute approximate surface area is 162 Å². The summed E-state index contributed by atoms with van der Waals surface area (Å²) in [6, 6.07) is 17.4. The lowest BCUT2D eigenvalue weighted by molar-refractivity contribution is 0.103. The number of Topliss-reactive ketones (excluding diaryl/α,β-unsaturated/α-hetero) is 1. The maximum absolute atomic E-state index is 13.3. The Morgan fingerprint density at radius 2 is 1.74 bits per heavy atom. The van der Waals surface area contributed by atoms with Crippen LogP contribution < -0.4 is 4.31 Å². The average Bonchev–Trinajstić information content (AvgIpc) is 3.17. The minimum atomic E-state index is -3.78.